The SMILES string of the molecule is CCC(C)CCCCCCCCCCCCC(=O)OC[C@H](COP(=O)(O)OCC(O)COP(=O)(O)OC[C@@H](COC(=O)CCCCCCCCCC(C)C)OC(=O)CCCCCCCCC(C)C)OC(=O)CCCCCCCCCCCCCCCCCCCCC(C)C. The van der Waals surface area contributed by atoms with E-state index in [1.54, 1.807) is 0 Å². The van der Waals surface area contributed by atoms with Gasteiger partial charge in [0.15, 0.2) is 12.2 Å². The van der Waals surface area contributed by atoms with Gasteiger partial charge in [-0.25, -0.2) is 9.13 Å². The fourth-order valence-corrected chi connectivity index (χ4v) is 12.9. The zero-order chi connectivity index (χ0) is 69.6. The summed E-state index contributed by atoms with van der Waals surface area (Å²) in [4.78, 5) is 72.6. The number of esters is 4. The fraction of sp³-hybridized carbons (Fsp3) is 0.947. The molecule has 0 aromatic rings. The molecule has 0 saturated heterocycles. The lowest BCUT2D eigenvalue weighted by atomic mass is 9.99. The maximum Gasteiger partial charge on any atom is 0.472 e. The van der Waals surface area contributed by atoms with Crippen LogP contribution in [-0.4, -0.2) is 96.7 Å². The first-order chi connectivity index (χ1) is 45.1. The molecular formula is C75H146O17P2. The van der Waals surface area contributed by atoms with E-state index in [2.05, 4.69) is 55.4 Å². The Balaban J connectivity index is 5.19. The Labute approximate surface area is 575 Å². The van der Waals surface area contributed by atoms with Gasteiger partial charge in [0.25, 0.3) is 0 Å². The molecule has 0 aliphatic heterocycles. The molecule has 0 saturated carbocycles. The van der Waals surface area contributed by atoms with Gasteiger partial charge in [-0.3, -0.25) is 37.3 Å². The van der Waals surface area contributed by atoms with Crippen LogP contribution in [0.3, 0.4) is 0 Å². The van der Waals surface area contributed by atoms with Gasteiger partial charge in [-0.15, -0.1) is 0 Å². The second-order valence-corrected chi connectivity index (χ2v) is 31.6. The molecule has 0 fully saturated rings. The summed E-state index contributed by atoms with van der Waals surface area (Å²) in [5, 5.41) is 10.6. The number of ether oxygens (including phenoxy) is 4. The van der Waals surface area contributed by atoms with Crippen molar-refractivity contribution in [3.8, 4) is 0 Å². The van der Waals surface area contributed by atoms with Gasteiger partial charge in [0.2, 0.25) is 0 Å². The van der Waals surface area contributed by atoms with Crippen molar-refractivity contribution in [3.05, 3.63) is 0 Å². The molecule has 0 rings (SSSR count). The van der Waals surface area contributed by atoms with Crippen molar-refractivity contribution in [1.82, 2.24) is 0 Å². The van der Waals surface area contributed by atoms with Crippen LogP contribution in [0, 0.1) is 23.7 Å². The summed E-state index contributed by atoms with van der Waals surface area (Å²) in [5.41, 5.74) is 0. The van der Waals surface area contributed by atoms with Crippen LogP contribution >= 0.6 is 15.6 Å². The maximum atomic E-state index is 13.1. The van der Waals surface area contributed by atoms with Gasteiger partial charge in [0.1, 0.15) is 19.3 Å². The second kappa shape index (κ2) is 64.4. The lowest BCUT2D eigenvalue weighted by Gasteiger charge is -2.21. The Morgan fingerprint density at radius 1 is 0.298 bits per heavy atom. The van der Waals surface area contributed by atoms with Crippen molar-refractivity contribution in [1.29, 1.82) is 0 Å². The monoisotopic (exact) mass is 1380 g/mol. The van der Waals surface area contributed by atoms with Crippen molar-refractivity contribution >= 4 is 39.5 Å². The number of phosphoric ester groups is 2. The van der Waals surface area contributed by atoms with E-state index in [1.165, 1.54) is 173 Å². The van der Waals surface area contributed by atoms with E-state index in [0.29, 0.717) is 37.5 Å². The molecule has 19 heteroatoms. The molecule has 0 radical (unpaired) electrons. The van der Waals surface area contributed by atoms with Crippen LogP contribution in [0.25, 0.3) is 0 Å². The van der Waals surface area contributed by atoms with Gasteiger partial charge >= 0.3 is 39.5 Å². The van der Waals surface area contributed by atoms with Crippen LogP contribution in [0.5, 0.6) is 0 Å². The molecule has 0 bridgehead atoms. The summed E-state index contributed by atoms with van der Waals surface area (Å²) in [6.07, 6.45) is 48.9. The molecule has 0 spiro atoms. The third kappa shape index (κ3) is 67.3. The van der Waals surface area contributed by atoms with Crippen LogP contribution < -0.4 is 0 Å². The minimum Gasteiger partial charge on any atom is -0.462 e. The number of carbonyl (C=O) groups is 4. The zero-order valence-corrected chi connectivity index (χ0v) is 63.4. The van der Waals surface area contributed by atoms with Crippen molar-refractivity contribution in [2.24, 2.45) is 23.7 Å². The van der Waals surface area contributed by atoms with Crippen LogP contribution in [0.2, 0.25) is 0 Å². The van der Waals surface area contributed by atoms with Gasteiger partial charge in [-0.2, -0.15) is 0 Å². The molecule has 17 nitrogen and oxygen atoms in total. The molecule has 0 aromatic heterocycles. The summed E-state index contributed by atoms with van der Waals surface area (Å²) in [6, 6.07) is 0. The first-order valence-electron chi connectivity index (χ1n) is 38.7. The molecule has 0 amide bonds. The smallest absolute Gasteiger partial charge is 0.462 e. The van der Waals surface area contributed by atoms with Crippen molar-refractivity contribution < 1.29 is 80.2 Å². The maximum absolute atomic E-state index is 13.1. The van der Waals surface area contributed by atoms with Crippen LogP contribution in [-0.2, 0) is 65.4 Å². The first-order valence-corrected chi connectivity index (χ1v) is 41.7. The minimum atomic E-state index is -4.96. The van der Waals surface area contributed by atoms with Crippen LogP contribution in [0.15, 0.2) is 0 Å². The average Bonchev–Trinajstić information content (AvgIpc) is 1.18. The van der Waals surface area contributed by atoms with E-state index < -0.39 is 97.5 Å². The highest BCUT2D eigenvalue weighted by Crippen LogP contribution is 2.45. The second-order valence-electron chi connectivity index (χ2n) is 28.7. The predicted octanol–water partition coefficient (Wildman–Crippen LogP) is 21.7. The highest BCUT2D eigenvalue weighted by molar-refractivity contribution is 7.47. The summed E-state index contributed by atoms with van der Waals surface area (Å²) < 4.78 is 68.4. The molecule has 0 aliphatic carbocycles. The van der Waals surface area contributed by atoms with E-state index in [-0.39, 0.29) is 25.7 Å². The van der Waals surface area contributed by atoms with Gasteiger partial charge in [-0.1, -0.05) is 325 Å². The number of unbranched alkanes of at least 4 members (excludes halogenated alkanes) is 37. The number of aliphatic hydroxyl groups is 1. The molecular weight excluding hydrogens is 1230 g/mol. The molecule has 3 N–H and O–H groups in total. The Hall–Kier alpha value is -1.94. The standard InChI is InChI=1S/C75H146O17P2/c1-9-68(8)54-46-38-29-23-20-21-24-30-39-47-55-72(77)85-61-70(91-74(79)57-49-41-31-25-19-17-15-13-11-10-12-14-16-18-22-27-35-43-51-65(2)3)63-89-93(81,82)87-59-69(76)60-88-94(83,84)90-64-71(92-75(80)58-50-42-34-33-37-45-53-67(6)7)62-86-73(78)56-48-40-32-26-28-36-44-52-66(4)5/h65-71,76H,9-64H2,1-8H3,(H,81,82)(H,83,84)/t68?,69?,70-,71-/m1/s1. The quantitative estimate of drug-likeness (QED) is 0.0222. The summed E-state index contributed by atoms with van der Waals surface area (Å²) in [6.45, 7) is 14.1. The minimum absolute atomic E-state index is 0.101. The molecule has 558 valence electrons. The third-order valence-corrected chi connectivity index (χ3v) is 19.6. The number of carbonyl (C=O) groups excluding carboxylic acids is 4. The molecule has 4 unspecified atom stereocenters. The normalized spacial score (nSPS) is 14.4. The number of hydrogen-bond donors (Lipinski definition) is 3. The number of phosphoric acid groups is 2. The van der Waals surface area contributed by atoms with Crippen LogP contribution in [0.1, 0.15) is 376 Å². The fourth-order valence-electron chi connectivity index (χ4n) is 11.3. The molecule has 0 aromatic carbocycles. The average molecular weight is 1380 g/mol. The van der Waals surface area contributed by atoms with Gasteiger partial charge in [0, 0.05) is 25.7 Å². The zero-order valence-electron chi connectivity index (χ0n) is 61.6. The molecule has 6 atom stereocenters. The number of hydrogen-bond acceptors (Lipinski definition) is 15. The van der Waals surface area contributed by atoms with E-state index in [1.807, 2.05) is 0 Å². The summed E-state index contributed by atoms with van der Waals surface area (Å²) >= 11 is 0. The van der Waals surface area contributed by atoms with Gasteiger partial charge in [0.05, 0.1) is 26.4 Å². The van der Waals surface area contributed by atoms with Crippen molar-refractivity contribution in [3.63, 3.8) is 0 Å². The van der Waals surface area contributed by atoms with Crippen LogP contribution in [0.4, 0.5) is 0 Å². The largest absolute Gasteiger partial charge is 0.472 e. The topological polar surface area (TPSA) is 237 Å². The Morgan fingerprint density at radius 3 is 0.755 bits per heavy atom. The first kappa shape index (κ1) is 92.1. The summed E-state index contributed by atoms with van der Waals surface area (Å²) in [5.74, 6) is 0.876. The van der Waals surface area contributed by atoms with E-state index in [4.69, 9.17) is 37.0 Å². The molecule has 94 heavy (non-hydrogen) atoms. The van der Waals surface area contributed by atoms with E-state index in [9.17, 15) is 43.2 Å². The van der Waals surface area contributed by atoms with Gasteiger partial charge in [-0.05, 0) is 49.4 Å². The Morgan fingerprint density at radius 2 is 0.511 bits per heavy atom. The highest BCUT2D eigenvalue weighted by atomic mass is 31.2. The van der Waals surface area contributed by atoms with Crippen molar-refractivity contribution in [2.75, 3.05) is 39.6 Å². The highest BCUT2D eigenvalue weighted by Gasteiger charge is 2.30. The molecule has 0 heterocycles. The number of aliphatic hydroxyl groups excluding tert-OH is 1. The number of rotatable bonds is 72. The Bertz CT molecular complexity index is 1850. The van der Waals surface area contributed by atoms with Gasteiger partial charge < -0.3 is 33.8 Å². The molecule has 0 aliphatic rings. The summed E-state index contributed by atoms with van der Waals surface area (Å²) in [7, 11) is -9.91. The Kier molecular flexibility index (Phi) is 63.1. The van der Waals surface area contributed by atoms with E-state index in [0.717, 1.165) is 108 Å². The lowest BCUT2D eigenvalue weighted by molar-refractivity contribution is -0.161. The lowest BCUT2D eigenvalue weighted by Crippen LogP contribution is -2.30. The van der Waals surface area contributed by atoms with E-state index >= 15 is 0 Å². The van der Waals surface area contributed by atoms with Crippen molar-refractivity contribution in [2.45, 2.75) is 395 Å². The predicted molar refractivity (Wildman–Crippen MR) is 381 cm³/mol. The third-order valence-electron chi connectivity index (χ3n) is 17.7.